The highest BCUT2D eigenvalue weighted by Crippen LogP contribution is 2.23. The molecular formula is C17H21F2N3O2. The van der Waals surface area contributed by atoms with Gasteiger partial charge in [-0.3, -0.25) is 9.59 Å². The second-order valence-corrected chi connectivity index (χ2v) is 6.01. The molecule has 0 bridgehead atoms. The van der Waals surface area contributed by atoms with Crippen LogP contribution in [-0.2, 0) is 9.59 Å². The Labute approximate surface area is 139 Å². The molecule has 0 saturated heterocycles. The number of hydrogen-bond acceptors (Lipinski definition) is 3. The smallest absolute Gasteiger partial charge is 0.243 e. The molecule has 1 saturated carbocycles. The number of rotatable bonds is 5. The molecule has 5 nitrogen and oxygen atoms in total. The zero-order valence-corrected chi connectivity index (χ0v) is 13.6. The monoisotopic (exact) mass is 337 g/mol. The van der Waals surface area contributed by atoms with Crippen LogP contribution in [0.4, 0.5) is 14.5 Å². The summed E-state index contributed by atoms with van der Waals surface area (Å²) in [4.78, 5) is 23.8. The average molecular weight is 337 g/mol. The van der Waals surface area contributed by atoms with Crippen molar-refractivity contribution in [3.63, 3.8) is 0 Å². The summed E-state index contributed by atoms with van der Waals surface area (Å²) in [5, 5.41) is 6.27. The third-order valence-corrected chi connectivity index (χ3v) is 3.95. The fourth-order valence-electron chi connectivity index (χ4n) is 2.66. The van der Waals surface area contributed by atoms with E-state index in [2.05, 4.69) is 15.8 Å². The van der Waals surface area contributed by atoms with Crippen molar-refractivity contribution in [1.29, 1.82) is 0 Å². The number of hydrogen-bond donors (Lipinski definition) is 2. The Hall–Kier alpha value is -2.31. The second kappa shape index (κ2) is 8.52. The average Bonchev–Trinajstić information content (AvgIpc) is 2.56. The van der Waals surface area contributed by atoms with Crippen molar-refractivity contribution in [2.75, 3.05) is 5.32 Å². The van der Waals surface area contributed by atoms with E-state index in [-0.39, 0.29) is 23.9 Å². The van der Waals surface area contributed by atoms with Crippen LogP contribution in [0.3, 0.4) is 0 Å². The van der Waals surface area contributed by atoms with Gasteiger partial charge in [0.15, 0.2) is 0 Å². The van der Waals surface area contributed by atoms with Gasteiger partial charge in [-0.15, -0.1) is 0 Å². The fourth-order valence-corrected chi connectivity index (χ4v) is 2.66. The van der Waals surface area contributed by atoms with Crippen LogP contribution >= 0.6 is 0 Å². The van der Waals surface area contributed by atoms with Gasteiger partial charge >= 0.3 is 0 Å². The Kier molecular flexibility index (Phi) is 6.40. The summed E-state index contributed by atoms with van der Waals surface area (Å²) in [6.07, 6.45) is 4.89. The van der Waals surface area contributed by atoms with Crippen LogP contribution in [-0.4, -0.2) is 17.5 Å². The molecule has 0 spiro atoms. The van der Waals surface area contributed by atoms with Gasteiger partial charge in [0.25, 0.3) is 0 Å². The first-order valence-corrected chi connectivity index (χ1v) is 8.03. The molecule has 0 atom stereocenters. The minimum atomic E-state index is -0.844. The van der Waals surface area contributed by atoms with Gasteiger partial charge in [-0.05, 0) is 31.9 Å². The molecule has 2 amide bonds. The van der Waals surface area contributed by atoms with E-state index in [4.69, 9.17) is 0 Å². The van der Waals surface area contributed by atoms with Crippen LogP contribution < -0.4 is 10.7 Å². The van der Waals surface area contributed by atoms with E-state index in [0.717, 1.165) is 44.2 Å². The number of carbonyl (C=O) groups is 2. The Morgan fingerprint density at radius 3 is 2.58 bits per heavy atom. The maximum Gasteiger partial charge on any atom is 0.243 e. The van der Waals surface area contributed by atoms with E-state index in [9.17, 15) is 18.4 Å². The molecule has 1 fully saturated rings. The molecule has 1 aliphatic rings. The first-order chi connectivity index (χ1) is 11.5. The number of halogens is 2. The lowest BCUT2D eigenvalue weighted by atomic mass is 9.89. The van der Waals surface area contributed by atoms with Crippen molar-refractivity contribution >= 4 is 23.2 Å². The number of nitrogens with one attached hydrogen (secondary N) is 2. The van der Waals surface area contributed by atoms with Gasteiger partial charge in [-0.1, -0.05) is 19.3 Å². The van der Waals surface area contributed by atoms with Crippen LogP contribution in [0.5, 0.6) is 0 Å². The number of anilines is 1. The highest BCUT2D eigenvalue weighted by molar-refractivity contribution is 6.05. The molecule has 0 aliphatic heterocycles. The van der Waals surface area contributed by atoms with Gasteiger partial charge in [-0.2, -0.15) is 5.10 Å². The molecule has 0 unspecified atom stereocenters. The van der Waals surface area contributed by atoms with Crippen LogP contribution in [0.25, 0.3) is 0 Å². The van der Waals surface area contributed by atoms with Crippen molar-refractivity contribution in [3.8, 4) is 0 Å². The fraction of sp³-hybridized carbons (Fsp3) is 0.471. The minimum Gasteiger partial charge on any atom is -0.323 e. The van der Waals surface area contributed by atoms with Gasteiger partial charge in [0.2, 0.25) is 11.8 Å². The van der Waals surface area contributed by atoms with E-state index >= 15 is 0 Å². The Morgan fingerprint density at radius 1 is 1.21 bits per heavy atom. The quantitative estimate of drug-likeness (QED) is 0.639. The molecule has 7 heteroatoms. The zero-order chi connectivity index (χ0) is 17.5. The highest BCUT2D eigenvalue weighted by atomic mass is 19.1. The first-order valence-electron chi connectivity index (χ1n) is 8.03. The number of nitrogens with zero attached hydrogens (tertiary/aromatic N) is 1. The molecule has 0 heterocycles. The highest BCUT2D eigenvalue weighted by Gasteiger charge is 2.20. The summed E-state index contributed by atoms with van der Waals surface area (Å²) < 4.78 is 26.3. The lowest BCUT2D eigenvalue weighted by molar-refractivity contribution is -0.126. The van der Waals surface area contributed by atoms with Crippen LogP contribution in [0, 0.1) is 17.6 Å². The molecule has 2 rings (SSSR count). The molecule has 0 radical (unpaired) electrons. The molecule has 1 aromatic rings. The lowest BCUT2D eigenvalue weighted by Gasteiger charge is -2.19. The van der Waals surface area contributed by atoms with Gasteiger partial charge in [-0.25, -0.2) is 14.2 Å². The lowest BCUT2D eigenvalue weighted by Crippen LogP contribution is -2.29. The SMILES string of the molecule is C/C(CC(=O)Nc1ccc(F)cc1F)=N\NC(=O)C1CCCCC1. The normalized spacial score (nSPS) is 15.9. The molecule has 2 N–H and O–H groups in total. The topological polar surface area (TPSA) is 70.6 Å². The van der Waals surface area contributed by atoms with Crippen molar-refractivity contribution in [3.05, 3.63) is 29.8 Å². The number of carbonyl (C=O) groups excluding carboxylic acids is 2. The van der Waals surface area contributed by atoms with Crippen molar-refractivity contribution < 1.29 is 18.4 Å². The van der Waals surface area contributed by atoms with E-state index in [0.29, 0.717) is 11.8 Å². The molecule has 0 aromatic heterocycles. The number of amides is 2. The summed E-state index contributed by atoms with van der Waals surface area (Å²) in [6.45, 7) is 1.60. The standard InChI is InChI=1S/C17H21F2N3O2/c1-11(21-22-17(24)12-5-3-2-4-6-12)9-16(23)20-15-8-7-13(18)10-14(15)19/h7-8,10,12H,2-6,9H2,1H3,(H,20,23)(H,22,24)/b21-11+. The third kappa shape index (κ3) is 5.40. The maximum atomic E-state index is 13.5. The van der Waals surface area contributed by atoms with Crippen LogP contribution in [0.15, 0.2) is 23.3 Å². The third-order valence-electron chi connectivity index (χ3n) is 3.95. The summed E-state index contributed by atoms with van der Waals surface area (Å²) in [5.74, 6) is -2.19. The van der Waals surface area contributed by atoms with Crippen LogP contribution in [0.2, 0.25) is 0 Å². The predicted octanol–water partition coefficient (Wildman–Crippen LogP) is 3.37. The van der Waals surface area contributed by atoms with Crippen molar-refractivity contribution in [2.24, 2.45) is 11.0 Å². The summed E-state index contributed by atoms with van der Waals surface area (Å²) in [7, 11) is 0. The van der Waals surface area contributed by atoms with Gasteiger partial charge in [0.1, 0.15) is 11.6 Å². The van der Waals surface area contributed by atoms with Crippen molar-refractivity contribution in [2.45, 2.75) is 45.4 Å². The molecule has 130 valence electrons. The van der Waals surface area contributed by atoms with E-state index < -0.39 is 17.5 Å². The number of hydrazone groups is 1. The van der Waals surface area contributed by atoms with E-state index in [1.807, 2.05) is 0 Å². The van der Waals surface area contributed by atoms with E-state index in [1.54, 1.807) is 6.92 Å². The largest absolute Gasteiger partial charge is 0.323 e. The van der Waals surface area contributed by atoms with E-state index in [1.165, 1.54) is 0 Å². The van der Waals surface area contributed by atoms with Crippen molar-refractivity contribution in [1.82, 2.24) is 5.43 Å². The van der Waals surface area contributed by atoms with Gasteiger partial charge in [0.05, 0.1) is 12.1 Å². The summed E-state index contributed by atoms with van der Waals surface area (Å²) in [6, 6.07) is 2.91. The Balaban J connectivity index is 1.82. The summed E-state index contributed by atoms with van der Waals surface area (Å²) in [5.41, 5.74) is 2.79. The number of benzene rings is 1. The zero-order valence-electron chi connectivity index (χ0n) is 13.6. The summed E-state index contributed by atoms with van der Waals surface area (Å²) >= 11 is 0. The predicted molar refractivity (Wildman–Crippen MR) is 87.4 cm³/mol. The van der Waals surface area contributed by atoms with Gasteiger partial charge in [0, 0.05) is 17.7 Å². The molecule has 1 aromatic carbocycles. The minimum absolute atomic E-state index is 0.0163. The second-order valence-electron chi connectivity index (χ2n) is 6.01. The van der Waals surface area contributed by atoms with Gasteiger partial charge < -0.3 is 5.32 Å². The molecular weight excluding hydrogens is 316 g/mol. The molecule has 24 heavy (non-hydrogen) atoms. The first kappa shape index (κ1) is 18.0. The Bertz CT molecular complexity index is 641. The molecule has 1 aliphatic carbocycles. The maximum absolute atomic E-state index is 13.5. The Morgan fingerprint density at radius 2 is 1.92 bits per heavy atom. The van der Waals surface area contributed by atoms with Crippen LogP contribution in [0.1, 0.15) is 45.4 Å².